The molecule has 0 aliphatic heterocycles. The lowest BCUT2D eigenvalue weighted by atomic mass is 11.9. The molecule has 34 valence electrons. The van der Waals surface area contributed by atoms with Crippen molar-refractivity contribution in [3.8, 4) is 0 Å². The van der Waals surface area contributed by atoms with E-state index in [1.54, 1.807) is 0 Å². The van der Waals surface area contributed by atoms with Gasteiger partial charge in [0, 0.05) is 0 Å². The highest BCUT2D eigenvalue weighted by Crippen LogP contribution is 2.03. The lowest BCUT2D eigenvalue weighted by Crippen LogP contribution is -1.55. The molecule has 0 nitrogen and oxygen atoms in total. The van der Waals surface area contributed by atoms with E-state index in [-0.39, 0.29) is 11.0 Å². The lowest BCUT2D eigenvalue weighted by molar-refractivity contribution is 1.96. The Kier molecular flexibility index (Phi) is 9.59. The third-order valence-electron chi connectivity index (χ3n) is 0. The molecule has 0 bridgehead atoms. The third-order valence-corrected chi connectivity index (χ3v) is 0. The van der Waals surface area contributed by atoms with Crippen molar-refractivity contribution in [2.24, 2.45) is 0 Å². The summed E-state index contributed by atoms with van der Waals surface area (Å²) in [6.07, 6.45) is 0. The molecule has 0 saturated carbocycles. The molecule has 0 amide bonds. The van der Waals surface area contributed by atoms with Crippen molar-refractivity contribution >= 4 is 45.8 Å². The van der Waals surface area contributed by atoms with Gasteiger partial charge in [-0.3, -0.25) is 0 Å². The fraction of sp³-hybridized carbons (Fsp3) is 1.00. The number of rotatable bonds is 0. The molecular weight excluding hydrogens is 146 g/mol. The van der Waals surface area contributed by atoms with Gasteiger partial charge in [-0.25, -0.2) is 0 Å². The Balaban J connectivity index is 0. The zero-order chi connectivity index (χ0) is 3.58. The highest BCUT2D eigenvalue weighted by Gasteiger charge is 1.78. The van der Waals surface area contributed by atoms with Crippen LogP contribution < -0.4 is 0 Å². The van der Waals surface area contributed by atoms with E-state index in [1.807, 2.05) is 0 Å². The minimum Gasteiger partial charge on any atom is -0.0874 e. The number of hydrogen-bond acceptors (Lipinski definition) is 0. The van der Waals surface area contributed by atoms with Gasteiger partial charge in [-0.05, 0) is 11.0 Å². The molecule has 0 aromatic heterocycles. The molecule has 0 heterocycles. The van der Waals surface area contributed by atoms with Crippen molar-refractivity contribution in [1.29, 1.82) is 0 Å². The number of hydrogen-bond donors (Lipinski definition) is 0. The van der Waals surface area contributed by atoms with E-state index in [4.69, 9.17) is 34.8 Å². The first-order chi connectivity index (χ1) is 1.73. The first-order valence-corrected chi connectivity index (χ1v) is 1.96. The lowest BCUT2D eigenvalue weighted by Gasteiger charge is -1.69. The van der Waals surface area contributed by atoms with Crippen LogP contribution in [0.4, 0.5) is 0 Å². The predicted molar refractivity (Wildman–Crippen MR) is 32.7 cm³/mol. The van der Waals surface area contributed by atoms with E-state index in [0.717, 1.165) is 0 Å². The summed E-state index contributed by atoms with van der Waals surface area (Å²) in [5, 5.41) is 0. The summed E-state index contributed by atoms with van der Waals surface area (Å²) >= 11 is 14.4. The van der Waals surface area contributed by atoms with Gasteiger partial charge >= 0.3 is 0 Å². The highest BCUT2D eigenvalue weighted by molar-refractivity contribution is 6.63. The van der Waals surface area contributed by atoms with Crippen molar-refractivity contribution < 1.29 is 0 Å². The molecule has 0 fully saturated rings. The molecule has 0 aromatic carbocycles. The quantitative estimate of drug-likeness (QED) is 0.350. The average Bonchev–Trinajstić information content (AvgIpc) is 0.811. The molecule has 0 rings (SSSR count). The summed E-state index contributed by atoms with van der Waals surface area (Å²) in [7, 11) is 0. The molecule has 0 aliphatic carbocycles. The van der Waals surface area contributed by atoms with Crippen LogP contribution in [0.2, 0.25) is 0 Å². The monoisotopic (exact) mass is 150 g/mol. The molecule has 0 atom stereocenters. The van der Waals surface area contributed by atoms with E-state index >= 15 is 0 Å². The Labute approximate surface area is 50.4 Å². The van der Waals surface area contributed by atoms with Gasteiger partial charge in [-0.1, -0.05) is 34.8 Å². The Bertz CT molecular complexity index is 11.6. The van der Waals surface area contributed by atoms with Crippen molar-refractivity contribution in [2.75, 3.05) is 0 Å². The fourth-order valence-electron chi connectivity index (χ4n) is 0. The van der Waals surface area contributed by atoms with Crippen molar-refractivity contribution in [3.05, 3.63) is 0 Å². The van der Waals surface area contributed by atoms with Crippen LogP contribution in [-0.2, 0) is 0 Å². The fourth-order valence-corrected chi connectivity index (χ4v) is 0. The van der Waals surface area contributed by atoms with E-state index in [9.17, 15) is 0 Å². The molecule has 4 heteroatoms. The van der Waals surface area contributed by atoms with Crippen LogP contribution in [0.3, 0.4) is 0 Å². The maximum Gasteiger partial charge on any atom is 0.180 e. The van der Waals surface area contributed by atoms with Crippen LogP contribution in [0, 0.1) is 0 Å². The van der Waals surface area contributed by atoms with Gasteiger partial charge in [0.1, 0.15) is 0 Å². The van der Waals surface area contributed by atoms with Crippen molar-refractivity contribution in [2.45, 2.75) is 4.30 Å². The van der Waals surface area contributed by atoms with E-state index in [1.165, 1.54) is 0 Å². The van der Waals surface area contributed by atoms with E-state index in [2.05, 4.69) is 0 Å². The Morgan fingerprint density at radius 3 is 1.00 bits per heavy atom. The summed E-state index contributed by atoms with van der Waals surface area (Å²) in [5.41, 5.74) is 0. The zero-order valence-electron chi connectivity index (χ0n) is 1.71. The zero-order valence-corrected chi connectivity index (χ0v) is 3.98. The van der Waals surface area contributed by atoms with E-state index in [0.29, 0.717) is 0 Å². The van der Waals surface area contributed by atoms with Gasteiger partial charge in [0.25, 0.3) is 0 Å². The SMILES string of the molecule is ClC(Cl)Cl.[SiH4]. The second kappa shape index (κ2) is 5.09. The maximum atomic E-state index is 4.81. The van der Waals surface area contributed by atoms with Gasteiger partial charge in [0.2, 0.25) is 0 Å². The summed E-state index contributed by atoms with van der Waals surface area (Å²) in [6, 6.07) is 0. The van der Waals surface area contributed by atoms with Crippen molar-refractivity contribution in [1.82, 2.24) is 0 Å². The van der Waals surface area contributed by atoms with Gasteiger partial charge in [0.05, 0.1) is 0 Å². The maximum absolute atomic E-state index is 4.81. The topological polar surface area (TPSA) is 0 Å². The van der Waals surface area contributed by atoms with Gasteiger partial charge in [-0.15, -0.1) is 0 Å². The average molecular weight is 151 g/mol. The van der Waals surface area contributed by atoms with Crippen LogP contribution in [0.25, 0.3) is 0 Å². The smallest absolute Gasteiger partial charge is 0.0874 e. The Morgan fingerprint density at radius 2 is 1.00 bits per heavy atom. The molecule has 5 heavy (non-hydrogen) atoms. The van der Waals surface area contributed by atoms with Crippen LogP contribution in [-0.4, -0.2) is 15.3 Å². The van der Waals surface area contributed by atoms with E-state index < -0.39 is 4.30 Å². The van der Waals surface area contributed by atoms with Gasteiger partial charge in [-0.2, -0.15) is 0 Å². The normalized spacial score (nSPS) is 7.20. The minimum atomic E-state index is -0.750. The largest absolute Gasteiger partial charge is 0.180 e. The summed E-state index contributed by atoms with van der Waals surface area (Å²) in [6.45, 7) is 0. The second-order valence-electron chi connectivity index (χ2n) is 0.247. The molecule has 0 N–H and O–H groups in total. The highest BCUT2D eigenvalue weighted by atomic mass is 35.6. The van der Waals surface area contributed by atoms with Gasteiger partial charge < -0.3 is 0 Å². The summed E-state index contributed by atoms with van der Waals surface area (Å²) in [5.74, 6) is 0. The first-order valence-electron chi connectivity index (χ1n) is 0.655. The van der Waals surface area contributed by atoms with Crippen LogP contribution in [0.1, 0.15) is 0 Å². The molecular formula is CH5Cl3Si. The molecule has 0 aliphatic rings. The molecule has 0 saturated heterocycles. The third kappa shape index (κ3) is 41.0. The minimum absolute atomic E-state index is 0. The molecule has 0 aromatic rings. The van der Waals surface area contributed by atoms with Crippen LogP contribution in [0.15, 0.2) is 0 Å². The molecule has 0 spiro atoms. The Hall–Kier alpha value is 1.09. The Morgan fingerprint density at radius 1 is 1.00 bits per heavy atom. The first kappa shape index (κ1) is 9.43. The van der Waals surface area contributed by atoms with Crippen LogP contribution >= 0.6 is 34.8 Å². The van der Waals surface area contributed by atoms with Crippen molar-refractivity contribution in [3.63, 3.8) is 0 Å². The number of halogens is 3. The summed E-state index contributed by atoms with van der Waals surface area (Å²) in [4.78, 5) is 0. The summed E-state index contributed by atoms with van der Waals surface area (Å²) < 4.78 is -0.750. The predicted octanol–water partition coefficient (Wildman–Crippen LogP) is 0.535. The molecule has 0 radical (unpaired) electrons. The second-order valence-corrected chi connectivity index (χ2v) is 2.23. The number of alkyl halides is 3. The molecule has 0 unspecified atom stereocenters. The van der Waals surface area contributed by atoms with Gasteiger partial charge in [0.15, 0.2) is 4.30 Å². The van der Waals surface area contributed by atoms with Crippen LogP contribution in [0.5, 0.6) is 0 Å². The standard InChI is InChI=1S/CHCl3.H4Si/c2-1(3)4;/h1H;1H4.